The van der Waals surface area contributed by atoms with Crippen molar-refractivity contribution in [2.24, 2.45) is 17.8 Å². The van der Waals surface area contributed by atoms with E-state index in [0.29, 0.717) is 28.5 Å². The summed E-state index contributed by atoms with van der Waals surface area (Å²) in [4.78, 5) is 0.291. The molecule has 116 valence electrons. The molecular weight excluding hydrogens is 286 g/mol. The SMILES string of the molecule is Cc1ccc(CO)cc1S(=O)(=O)NCC(C1CC1)C1CC1. The van der Waals surface area contributed by atoms with Gasteiger partial charge in [-0.3, -0.25) is 0 Å². The summed E-state index contributed by atoms with van der Waals surface area (Å²) in [6.07, 6.45) is 5.01. The van der Waals surface area contributed by atoms with Crippen molar-refractivity contribution in [1.29, 1.82) is 0 Å². The number of aryl methyl sites for hydroxylation is 1. The van der Waals surface area contributed by atoms with Crippen molar-refractivity contribution in [2.45, 2.75) is 44.1 Å². The maximum absolute atomic E-state index is 12.5. The maximum atomic E-state index is 12.5. The molecule has 4 nitrogen and oxygen atoms in total. The Balaban J connectivity index is 1.73. The lowest BCUT2D eigenvalue weighted by Crippen LogP contribution is -2.31. The molecule has 0 bridgehead atoms. The fourth-order valence-corrected chi connectivity index (χ4v) is 4.45. The summed E-state index contributed by atoms with van der Waals surface area (Å²) >= 11 is 0. The number of nitrogens with one attached hydrogen (secondary N) is 1. The molecule has 0 saturated heterocycles. The van der Waals surface area contributed by atoms with Crippen molar-refractivity contribution in [1.82, 2.24) is 4.72 Å². The van der Waals surface area contributed by atoms with E-state index < -0.39 is 10.0 Å². The van der Waals surface area contributed by atoms with Crippen LogP contribution in [0.2, 0.25) is 0 Å². The summed E-state index contributed by atoms with van der Waals surface area (Å²) in [6.45, 7) is 2.20. The second-order valence-corrected chi connectivity index (χ2v) is 8.18. The molecule has 0 amide bonds. The monoisotopic (exact) mass is 309 g/mol. The molecule has 0 atom stereocenters. The molecule has 21 heavy (non-hydrogen) atoms. The van der Waals surface area contributed by atoms with Crippen LogP contribution in [0.3, 0.4) is 0 Å². The lowest BCUT2D eigenvalue weighted by Gasteiger charge is -2.17. The quantitative estimate of drug-likeness (QED) is 0.811. The van der Waals surface area contributed by atoms with Gasteiger partial charge in [0, 0.05) is 6.54 Å². The van der Waals surface area contributed by atoms with E-state index in [0.717, 1.165) is 11.8 Å². The van der Waals surface area contributed by atoms with Gasteiger partial charge in [-0.25, -0.2) is 13.1 Å². The Morgan fingerprint density at radius 1 is 1.24 bits per heavy atom. The van der Waals surface area contributed by atoms with Gasteiger partial charge in [-0.15, -0.1) is 0 Å². The van der Waals surface area contributed by atoms with Gasteiger partial charge in [0.15, 0.2) is 0 Å². The van der Waals surface area contributed by atoms with Gasteiger partial charge in [0.1, 0.15) is 0 Å². The Morgan fingerprint density at radius 2 is 1.86 bits per heavy atom. The first-order valence-electron chi connectivity index (χ1n) is 7.71. The Hall–Kier alpha value is -0.910. The molecule has 0 aliphatic heterocycles. The molecule has 2 fully saturated rings. The highest BCUT2D eigenvalue weighted by atomic mass is 32.2. The Labute approximate surface area is 126 Å². The zero-order valence-electron chi connectivity index (χ0n) is 12.4. The summed E-state index contributed by atoms with van der Waals surface area (Å²) in [6, 6.07) is 5.08. The van der Waals surface area contributed by atoms with Crippen molar-refractivity contribution < 1.29 is 13.5 Å². The van der Waals surface area contributed by atoms with Crippen LogP contribution in [-0.4, -0.2) is 20.1 Å². The third-order valence-corrected chi connectivity index (χ3v) is 6.25. The van der Waals surface area contributed by atoms with Gasteiger partial charge in [-0.05, 0) is 67.6 Å². The largest absolute Gasteiger partial charge is 0.392 e. The molecule has 0 heterocycles. The van der Waals surface area contributed by atoms with E-state index in [9.17, 15) is 13.5 Å². The van der Waals surface area contributed by atoms with Crippen LogP contribution in [0.4, 0.5) is 0 Å². The topological polar surface area (TPSA) is 66.4 Å². The maximum Gasteiger partial charge on any atom is 0.240 e. The van der Waals surface area contributed by atoms with Crippen LogP contribution in [0.1, 0.15) is 36.8 Å². The Kier molecular flexibility index (Phi) is 4.08. The zero-order chi connectivity index (χ0) is 15.0. The fourth-order valence-electron chi connectivity index (χ4n) is 3.08. The van der Waals surface area contributed by atoms with Gasteiger partial charge < -0.3 is 5.11 Å². The highest BCUT2D eigenvalue weighted by molar-refractivity contribution is 7.89. The Morgan fingerprint density at radius 3 is 2.38 bits per heavy atom. The second kappa shape index (κ2) is 5.71. The van der Waals surface area contributed by atoms with E-state index >= 15 is 0 Å². The van der Waals surface area contributed by atoms with E-state index in [1.54, 1.807) is 25.1 Å². The van der Waals surface area contributed by atoms with Crippen molar-refractivity contribution >= 4 is 10.0 Å². The molecule has 0 aromatic heterocycles. The average molecular weight is 309 g/mol. The first-order valence-corrected chi connectivity index (χ1v) is 9.19. The third-order valence-electron chi connectivity index (χ3n) is 4.69. The molecule has 0 radical (unpaired) electrons. The average Bonchev–Trinajstić information content (AvgIpc) is 3.33. The zero-order valence-corrected chi connectivity index (χ0v) is 13.2. The first kappa shape index (κ1) is 15.0. The molecule has 2 saturated carbocycles. The minimum atomic E-state index is -3.49. The van der Waals surface area contributed by atoms with Crippen molar-refractivity contribution in [3.63, 3.8) is 0 Å². The number of sulfonamides is 1. The molecule has 1 aromatic carbocycles. The van der Waals surface area contributed by atoms with Crippen LogP contribution in [0, 0.1) is 24.7 Å². The second-order valence-electron chi connectivity index (χ2n) is 6.45. The van der Waals surface area contributed by atoms with Crippen LogP contribution in [0.25, 0.3) is 0 Å². The first-order chi connectivity index (χ1) is 10.0. The van der Waals surface area contributed by atoms with Gasteiger partial charge in [0.2, 0.25) is 10.0 Å². The van der Waals surface area contributed by atoms with E-state index in [-0.39, 0.29) is 6.61 Å². The predicted octanol–water partition coefficient (Wildman–Crippen LogP) is 2.20. The van der Waals surface area contributed by atoms with E-state index in [4.69, 9.17) is 0 Å². The van der Waals surface area contributed by atoms with Gasteiger partial charge in [0.25, 0.3) is 0 Å². The molecule has 0 unspecified atom stereocenters. The van der Waals surface area contributed by atoms with Crippen LogP contribution in [0.5, 0.6) is 0 Å². The van der Waals surface area contributed by atoms with Crippen LogP contribution in [0.15, 0.2) is 23.1 Å². The lowest BCUT2D eigenvalue weighted by molar-refractivity contribution is 0.281. The highest BCUT2D eigenvalue weighted by Gasteiger charge is 2.41. The number of hydrogen-bond acceptors (Lipinski definition) is 3. The van der Waals surface area contributed by atoms with E-state index in [1.165, 1.54) is 25.7 Å². The van der Waals surface area contributed by atoms with Crippen LogP contribution >= 0.6 is 0 Å². The van der Waals surface area contributed by atoms with Crippen LogP contribution < -0.4 is 4.72 Å². The van der Waals surface area contributed by atoms with Crippen molar-refractivity contribution in [3.05, 3.63) is 29.3 Å². The van der Waals surface area contributed by atoms with E-state index in [2.05, 4.69) is 4.72 Å². The predicted molar refractivity (Wildman–Crippen MR) is 81.2 cm³/mol. The normalized spacial score (nSPS) is 19.2. The molecule has 0 spiro atoms. The number of rotatable bonds is 7. The Bertz CT molecular complexity index is 606. The molecule has 2 aliphatic rings. The summed E-state index contributed by atoms with van der Waals surface area (Å²) in [5.74, 6) is 1.97. The smallest absolute Gasteiger partial charge is 0.240 e. The number of benzene rings is 1. The van der Waals surface area contributed by atoms with Crippen molar-refractivity contribution in [2.75, 3.05) is 6.54 Å². The van der Waals surface area contributed by atoms with Crippen LogP contribution in [-0.2, 0) is 16.6 Å². The molecule has 1 aromatic rings. The molecule has 2 N–H and O–H groups in total. The molecule has 3 rings (SSSR count). The minimum absolute atomic E-state index is 0.143. The van der Waals surface area contributed by atoms with Gasteiger partial charge >= 0.3 is 0 Å². The van der Waals surface area contributed by atoms with E-state index in [1.807, 2.05) is 0 Å². The molecule has 5 heteroatoms. The number of hydrogen-bond donors (Lipinski definition) is 2. The van der Waals surface area contributed by atoms with Crippen molar-refractivity contribution in [3.8, 4) is 0 Å². The summed E-state index contributed by atoms with van der Waals surface area (Å²) in [5.41, 5.74) is 1.34. The lowest BCUT2D eigenvalue weighted by atomic mass is 9.99. The molecular formula is C16H23NO3S. The number of aliphatic hydroxyl groups is 1. The fraction of sp³-hybridized carbons (Fsp3) is 0.625. The summed E-state index contributed by atoms with van der Waals surface area (Å²) < 4.78 is 27.8. The van der Waals surface area contributed by atoms with Gasteiger partial charge in [-0.1, -0.05) is 12.1 Å². The third kappa shape index (κ3) is 3.47. The number of aliphatic hydroxyl groups excluding tert-OH is 1. The minimum Gasteiger partial charge on any atom is -0.392 e. The molecule has 2 aliphatic carbocycles. The highest BCUT2D eigenvalue weighted by Crippen LogP contribution is 2.48. The van der Waals surface area contributed by atoms with Gasteiger partial charge in [0.05, 0.1) is 11.5 Å². The summed E-state index contributed by atoms with van der Waals surface area (Å²) in [7, 11) is -3.49. The summed E-state index contributed by atoms with van der Waals surface area (Å²) in [5, 5.41) is 9.18. The standard InChI is InChI=1S/C16H23NO3S/c1-11-2-3-12(10-18)8-16(11)21(19,20)17-9-15(13-4-5-13)14-6-7-14/h2-3,8,13-15,17-18H,4-7,9-10H2,1H3. The van der Waals surface area contributed by atoms with Gasteiger partial charge in [-0.2, -0.15) is 0 Å².